The molecule has 2 aromatic rings. The second-order valence-corrected chi connectivity index (χ2v) is 8.06. The minimum Gasteiger partial charge on any atom is -0.376 e. The molecule has 5 nitrogen and oxygen atoms in total. The number of rotatable bonds is 6. The zero-order valence-corrected chi connectivity index (χ0v) is 18.0. The van der Waals surface area contributed by atoms with E-state index in [1.165, 1.54) is 11.0 Å². The second kappa shape index (κ2) is 9.61. The Bertz CT molecular complexity index is 911. The molecule has 0 bridgehead atoms. The summed E-state index contributed by atoms with van der Waals surface area (Å²) >= 11 is 12.0. The highest BCUT2D eigenvalue weighted by atomic mass is 35.5. The van der Waals surface area contributed by atoms with Gasteiger partial charge in [-0.1, -0.05) is 35.3 Å². The van der Waals surface area contributed by atoms with Crippen molar-refractivity contribution < 1.29 is 14.3 Å². The average Bonchev–Trinajstić information content (AvgIpc) is 3.19. The number of nitrogens with one attached hydrogen (secondary N) is 1. The highest BCUT2D eigenvalue weighted by Gasteiger charge is 2.25. The molecular weight excluding hydrogens is 411 g/mol. The molecule has 1 aliphatic heterocycles. The lowest BCUT2D eigenvalue weighted by atomic mass is 10.1. The molecule has 2 amide bonds. The van der Waals surface area contributed by atoms with Crippen LogP contribution in [0.4, 0.5) is 5.69 Å². The van der Waals surface area contributed by atoms with E-state index in [2.05, 4.69) is 5.32 Å². The summed E-state index contributed by atoms with van der Waals surface area (Å²) < 4.78 is 5.67. The quantitative estimate of drug-likeness (QED) is 0.705. The maximum atomic E-state index is 13.1. The lowest BCUT2D eigenvalue weighted by Crippen LogP contribution is -2.42. The smallest absolute Gasteiger partial charge is 0.254 e. The monoisotopic (exact) mass is 434 g/mol. The van der Waals surface area contributed by atoms with Gasteiger partial charge in [-0.25, -0.2) is 0 Å². The molecule has 3 rings (SSSR count). The minimum absolute atomic E-state index is 0.0739. The van der Waals surface area contributed by atoms with E-state index in [9.17, 15) is 9.59 Å². The normalized spacial score (nSPS) is 15.9. The zero-order valence-electron chi connectivity index (χ0n) is 16.5. The van der Waals surface area contributed by atoms with Crippen LogP contribution in [0.3, 0.4) is 0 Å². The van der Waals surface area contributed by atoms with Gasteiger partial charge in [0.1, 0.15) is 6.54 Å². The lowest BCUT2D eigenvalue weighted by molar-refractivity contribution is -0.117. The Morgan fingerprint density at radius 1 is 1.17 bits per heavy atom. The summed E-state index contributed by atoms with van der Waals surface area (Å²) in [5.74, 6) is -0.541. The molecule has 1 heterocycles. The molecule has 7 heteroatoms. The number of carbonyl (C=O) groups excluding carboxylic acids is 2. The average molecular weight is 435 g/mol. The maximum Gasteiger partial charge on any atom is 0.254 e. The van der Waals surface area contributed by atoms with Gasteiger partial charge in [-0.3, -0.25) is 9.59 Å². The Morgan fingerprint density at radius 3 is 2.66 bits per heavy atom. The van der Waals surface area contributed by atoms with E-state index in [0.717, 1.165) is 29.7 Å². The van der Waals surface area contributed by atoms with Gasteiger partial charge in [-0.15, -0.1) is 0 Å². The van der Waals surface area contributed by atoms with Crippen molar-refractivity contribution in [3.8, 4) is 0 Å². The summed E-state index contributed by atoms with van der Waals surface area (Å²) in [5.41, 5.74) is 3.22. The van der Waals surface area contributed by atoms with Gasteiger partial charge in [0.15, 0.2) is 0 Å². The Balaban J connectivity index is 1.77. The molecule has 1 saturated heterocycles. The molecule has 2 aromatic carbocycles. The maximum absolute atomic E-state index is 13.1. The summed E-state index contributed by atoms with van der Waals surface area (Å²) in [7, 11) is 0. The fourth-order valence-corrected chi connectivity index (χ4v) is 3.61. The fraction of sp³-hybridized carbons (Fsp3) is 0.364. The molecule has 1 atom stereocenters. The molecule has 0 saturated carbocycles. The minimum atomic E-state index is -0.282. The van der Waals surface area contributed by atoms with E-state index in [1.807, 2.05) is 32.0 Å². The van der Waals surface area contributed by atoms with Crippen LogP contribution in [0.2, 0.25) is 10.0 Å². The number of amides is 2. The SMILES string of the molecule is Cc1cccc(NC(=O)CN(C[C@@H]2CCCO2)C(=O)c2ccc(Cl)c(Cl)c2)c1C. The molecule has 1 N–H and O–H groups in total. The first-order valence-electron chi connectivity index (χ1n) is 9.57. The lowest BCUT2D eigenvalue weighted by Gasteiger charge is -2.25. The number of aryl methyl sites for hydroxylation is 1. The van der Waals surface area contributed by atoms with Crippen LogP contribution < -0.4 is 5.32 Å². The molecule has 1 fully saturated rings. The van der Waals surface area contributed by atoms with E-state index in [1.54, 1.807) is 12.1 Å². The third kappa shape index (κ3) is 5.50. The van der Waals surface area contributed by atoms with Gasteiger partial charge in [0, 0.05) is 24.4 Å². The largest absolute Gasteiger partial charge is 0.376 e. The molecule has 29 heavy (non-hydrogen) atoms. The molecular formula is C22H24Cl2N2O3. The molecule has 0 unspecified atom stereocenters. The highest BCUT2D eigenvalue weighted by Crippen LogP contribution is 2.24. The van der Waals surface area contributed by atoms with Gasteiger partial charge >= 0.3 is 0 Å². The van der Waals surface area contributed by atoms with Crippen molar-refractivity contribution in [2.24, 2.45) is 0 Å². The molecule has 0 aliphatic carbocycles. The number of benzene rings is 2. The van der Waals surface area contributed by atoms with Crippen molar-refractivity contribution in [3.63, 3.8) is 0 Å². The van der Waals surface area contributed by atoms with Crippen LogP contribution in [-0.2, 0) is 9.53 Å². The van der Waals surface area contributed by atoms with E-state index < -0.39 is 0 Å². The van der Waals surface area contributed by atoms with Gasteiger partial charge in [0.25, 0.3) is 5.91 Å². The summed E-state index contributed by atoms with van der Waals surface area (Å²) in [6.07, 6.45) is 1.74. The number of halogens is 2. The molecule has 1 aliphatic rings. The molecule has 0 radical (unpaired) electrons. The second-order valence-electron chi connectivity index (χ2n) is 7.25. The van der Waals surface area contributed by atoms with E-state index in [0.29, 0.717) is 28.8 Å². The van der Waals surface area contributed by atoms with Crippen LogP contribution in [0, 0.1) is 13.8 Å². The van der Waals surface area contributed by atoms with E-state index in [-0.39, 0.29) is 24.5 Å². The highest BCUT2D eigenvalue weighted by molar-refractivity contribution is 6.42. The molecule has 154 valence electrons. The van der Waals surface area contributed by atoms with Gasteiger partial charge in [-0.2, -0.15) is 0 Å². The number of anilines is 1. The number of nitrogens with zero attached hydrogens (tertiary/aromatic N) is 1. The predicted octanol–water partition coefficient (Wildman–Crippen LogP) is 4.87. The Hall–Kier alpha value is -2.08. The van der Waals surface area contributed by atoms with Gasteiger partial charge in [-0.05, 0) is 62.1 Å². The first kappa shape index (κ1) is 21.6. The third-order valence-electron chi connectivity index (χ3n) is 5.11. The predicted molar refractivity (Wildman–Crippen MR) is 116 cm³/mol. The summed E-state index contributed by atoms with van der Waals surface area (Å²) in [6, 6.07) is 10.5. The van der Waals surface area contributed by atoms with E-state index >= 15 is 0 Å². The Morgan fingerprint density at radius 2 is 1.97 bits per heavy atom. The first-order chi connectivity index (χ1) is 13.8. The fourth-order valence-electron chi connectivity index (χ4n) is 3.31. The van der Waals surface area contributed by atoms with Crippen LogP contribution >= 0.6 is 23.2 Å². The summed E-state index contributed by atoms with van der Waals surface area (Å²) in [5, 5.41) is 3.59. The van der Waals surface area contributed by atoms with Crippen LogP contribution in [0.15, 0.2) is 36.4 Å². The number of carbonyl (C=O) groups is 2. The van der Waals surface area contributed by atoms with Crippen LogP contribution in [0.5, 0.6) is 0 Å². The third-order valence-corrected chi connectivity index (χ3v) is 5.85. The van der Waals surface area contributed by atoms with Crippen LogP contribution in [0.1, 0.15) is 34.3 Å². The number of ether oxygens (including phenoxy) is 1. The Labute approximate surface area is 180 Å². The topological polar surface area (TPSA) is 58.6 Å². The van der Waals surface area contributed by atoms with Crippen LogP contribution in [-0.4, -0.2) is 42.5 Å². The van der Waals surface area contributed by atoms with Crippen molar-refractivity contribution in [1.82, 2.24) is 4.90 Å². The zero-order chi connectivity index (χ0) is 21.0. The molecule has 0 spiro atoms. The van der Waals surface area contributed by atoms with Gasteiger partial charge in [0.05, 0.1) is 16.1 Å². The van der Waals surface area contributed by atoms with E-state index in [4.69, 9.17) is 27.9 Å². The van der Waals surface area contributed by atoms with Crippen molar-refractivity contribution in [2.75, 3.05) is 25.0 Å². The van der Waals surface area contributed by atoms with Gasteiger partial charge < -0.3 is 15.0 Å². The van der Waals surface area contributed by atoms with Gasteiger partial charge in [0.2, 0.25) is 5.91 Å². The van der Waals surface area contributed by atoms with Crippen molar-refractivity contribution in [3.05, 3.63) is 63.1 Å². The number of hydrogen-bond acceptors (Lipinski definition) is 3. The van der Waals surface area contributed by atoms with Crippen molar-refractivity contribution in [1.29, 1.82) is 0 Å². The molecule has 0 aromatic heterocycles. The Kier molecular flexibility index (Phi) is 7.17. The standard InChI is InChI=1S/C22H24Cl2N2O3/c1-14-5-3-7-20(15(14)2)25-21(27)13-26(12-17-6-4-10-29-17)22(28)16-8-9-18(23)19(24)11-16/h3,5,7-9,11,17H,4,6,10,12-13H2,1-2H3,(H,25,27)/t17-/m0/s1. The summed E-state index contributed by atoms with van der Waals surface area (Å²) in [4.78, 5) is 27.3. The summed E-state index contributed by atoms with van der Waals surface area (Å²) in [6.45, 7) is 4.89. The number of hydrogen-bond donors (Lipinski definition) is 1. The van der Waals surface area contributed by atoms with Crippen LogP contribution in [0.25, 0.3) is 0 Å². The first-order valence-corrected chi connectivity index (χ1v) is 10.3. The van der Waals surface area contributed by atoms with Crippen molar-refractivity contribution in [2.45, 2.75) is 32.8 Å². The van der Waals surface area contributed by atoms with Crippen molar-refractivity contribution >= 4 is 40.7 Å².